The van der Waals surface area contributed by atoms with E-state index in [1.807, 2.05) is 24.3 Å². The first-order valence-electron chi connectivity index (χ1n) is 6.74. The third kappa shape index (κ3) is 3.85. The van der Waals surface area contributed by atoms with Gasteiger partial charge in [0.25, 0.3) is 5.91 Å². The molecule has 2 rings (SSSR count). The Bertz CT molecular complexity index is 708. The van der Waals surface area contributed by atoms with Crippen molar-refractivity contribution in [2.24, 2.45) is 5.73 Å². The smallest absolute Gasteiger partial charge is 0.303 e. The molecule has 1 aromatic heterocycles. The lowest BCUT2D eigenvalue weighted by Gasteiger charge is -2.15. The number of esters is 1. The third-order valence-corrected chi connectivity index (χ3v) is 3.18. The average Bonchev–Trinajstić information content (AvgIpc) is 2.87. The molecule has 7 nitrogen and oxygen atoms in total. The zero-order valence-corrected chi connectivity index (χ0v) is 12.1. The maximum atomic E-state index is 11.7. The molecule has 0 aliphatic carbocycles. The van der Waals surface area contributed by atoms with Gasteiger partial charge in [-0.05, 0) is 11.6 Å². The molecule has 1 heterocycles. The predicted molar refractivity (Wildman–Crippen MR) is 79.8 cm³/mol. The van der Waals surface area contributed by atoms with Crippen molar-refractivity contribution in [1.29, 1.82) is 0 Å². The topological polar surface area (TPSA) is 114 Å². The van der Waals surface area contributed by atoms with Gasteiger partial charge in [-0.15, -0.1) is 0 Å². The standard InChI is InChI=1S/C15H17N3O4/c1-9(19)22-8-14(20)18-13(15(16)21)6-10-7-17-12-5-3-2-4-11(10)12/h2-5,7,13,17H,6,8H2,1H3,(H2,16,21)(H,18,20)/t13-/m0/s1. The molecule has 2 amide bonds. The molecule has 0 spiro atoms. The van der Waals surface area contributed by atoms with E-state index in [0.29, 0.717) is 0 Å². The van der Waals surface area contributed by atoms with Crippen LogP contribution in [0.15, 0.2) is 30.5 Å². The van der Waals surface area contributed by atoms with Crippen LogP contribution in [-0.2, 0) is 25.5 Å². The molecule has 7 heteroatoms. The summed E-state index contributed by atoms with van der Waals surface area (Å²) in [5.74, 6) is -1.79. The monoisotopic (exact) mass is 303 g/mol. The number of carbonyl (C=O) groups excluding carboxylic acids is 3. The molecule has 1 atom stereocenters. The van der Waals surface area contributed by atoms with Crippen LogP contribution in [-0.4, -0.2) is 35.4 Å². The van der Waals surface area contributed by atoms with Gasteiger partial charge in [-0.25, -0.2) is 0 Å². The number of rotatable bonds is 6. The maximum absolute atomic E-state index is 11.7. The Morgan fingerprint density at radius 2 is 2.05 bits per heavy atom. The number of H-pyrrole nitrogens is 1. The lowest BCUT2D eigenvalue weighted by atomic mass is 10.0. The summed E-state index contributed by atoms with van der Waals surface area (Å²) in [7, 11) is 0. The van der Waals surface area contributed by atoms with E-state index < -0.39 is 30.4 Å². The second-order valence-electron chi connectivity index (χ2n) is 4.87. The minimum absolute atomic E-state index is 0.255. The summed E-state index contributed by atoms with van der Waals surface area (Å²) in [6.45, 7) is 0.762. The Kier molecular flexibility index (Phi) is 4.77. The number of fused-ring (bicyclic) bond motifs is 1. The third-order valence-electron chi connectivity index (χ3n) is 3.18. The first-order valence-corrected chi connectivity index (χ1v) is 6.74. The van der Waals surface area contributed by atoms with E-state index in [2.05, 4.69) is 15.0 Å². The van der Waals surface area contributed by atoms with Crippen LogP contribution in [0.4, 0.5) is 0 Å². The summed E-state index contributed by atoms with van der Waals surface area (Å²) in [4.78, 5) is 36.9. The van der Waals surface area contributed by atoms with Gasteiger partial charge in [-0.2, -0.15) is 0 Å². The van der Waals surface area contributed by atoms with Gasteiger partial charge in [0, 0.05) is 30.4 Å². The molecule has 4 N–H and O–H groups in total. The van der Waals surface area contributed by atoms with Crippen LogP contribution >= 0.6 is 0 Å². The normalized spacial score (nSPS) is 11.9. The molecule has 0 radical (unpaired) electrons. The van der Waals surface area contributed by atoms with Crippen LogP contribution in [0.5, 0.6) is 0 Å². The molecule has 0 saturated carbocycles. The predicted octanol–water partition coefficient (Wildman–Crippen LogP) is 0.244. The number of carbonyl (C=O) groups is 3. The molecule has 116 valence electrons. The van der Waals surface area contributed by atoms with Gasteiger partial charge in [0.1, 0.15) is 6.04 Å². The van der Waals surface area contributed by atoms with E-state index in [-0.39, 0.29) is 6.42 Å². The second kappa shape index (κ2) is 6.75. The van der Waals surface area contributed by atoms with Crippen LogP contribution < -0.4 is 11.1 Å². The number of para-hydroxylation sites is 1. The molecular formula is C15H17N3O4. The van der Waals surface area contributed by atoms with Gasteiger partial charge >= 0.3 is 5.97 Å². The average molecular weight is 303 g/mol. The highest BCUT2D eigenvalue weighted by molar-refractivity contribution is 5.89. The summed E-state index contributed by atoms with van der Waals surface area (Å²) < 4.78 is 4.58. The number of hydrogen-bond acceptors (Lipinski definition) is 4. The van der Waals surface area contributed by atoms with Crippen molar-refractivity contribution in [1.82, 2.24) is 10.3 Å². The van der Waals surface area contributed by atoms with E-state index in [1.54, 1.807) is 6.20 Å². The summed E-state index contributed by atoms with van der Waals surface area (Å²) in [5.41, 5.74) is 7.13. The summed E-state index contributed by atoms with van der Waals surface area (Å²) in [6, 6.07) is 6.74. The lowest BCUT2D eigenvalue weighted by molar-refractivity contribution is -0.146. The van der Waals surface area contributed by atoms with Gasteiger partial charge in [0.05, 0.1) is 0 Å². The van der Waals surface area contributed by atoms with Gasteiger partial charge in [0.2, 0.25) is 5.91 Å². The molecule has 22 heavy (non-hydrogen) atoms. The van der Waals surface area contributed by atoms with Crippen LogP contribution in [0, 0.1) is 0 Å². The summed E-state index contributed by atoms with van der Waals surface area (Å²) in [6.07, 6.45) is 2.03. The fourth-order valence-electron chi connectivity index (χ4n) is 2.15. The maximum Gasteiger partial charge on any atom is 0.303 e. The van der Waals surface area contributed by atoms with E-state index in [4.69, 9.17) is 5.73 Å². The molecule has 0 fully saturated rings. The first kappa shape index (κ1) is 15.6. The van der Waals surface area contributed by atoms with E-state index in [1.165, 1.54) is 6.92 Å². The zero-order valence-electron chi connectivity index (χ0n) is 12.1. The van der Waals surface area contributed by atoms with Gasteiger partial charge < -0.3 is 20.8 Å². The molecular weight excluding hydrogens is 286 g/mol. The van der Waals surface area contributed by atoms with Crippen LogP contribution in [0.25, 0.3) is 10.9 Å². The largest absolute Gasteiger partial charge is 0.456 e. The van der Waals surface area contributed by atoms with Crippen molar-refractivity contribution in [2.75, 3.05) is 6.61 Å². The SMILES string of the molecule is CC(=O)OCC(=O)N[C@@H](Cc1c[nH]c2ccccc12)C(N)=O. The molecule has 0 aliphatic heterocycles. The minimum atomic E-state index is -0.873. The highest BCUT2D eigenvalue weighted by Crippen LogP contribution is 2.19. The molecule has 1 aromatic carbocycles. The fourth-order valence-corrected chi connectivity index (χ4v) is 2.15. The van der Waals surface area contributed by atoms with E-state index in [9.17, 15) is 14.4 Å². The van der Waals surface area contributed by atoms with Crippen LogP contribution in [0.2, 0.25) is 0 Å². The van der Waals surface area contributed by atoms with Crippen molar-refractivity contribution in [3.63, 3.8) is 0 Å². The van der Waals surface area contributed by atoms with Crippen molar-refractivity contribution in [2.45, 2.75) is 19.4 Å². The molecule has 0 bridgehead atoms. The quantitative estimate of drug-likeness (QED) is 0.663. The van der Waals surface area contributed by atoms with Gasteiger partial charge in [-0.1, -0.05) is 18.2 Å². The number of hydrogen-bond donors (Lipinski definition) is 3. The summed E-state index contributed by atoms with van der Waals surface area (Å²) in [5, 5.41) is 3.43. The van der Waals surface area contributed by atoms with Crippen LogP contribution in [0.1, 0.15) is 12.5 Å². The molecule has 0 saturated heterocycles. The Balaban J connectivity index is 2.07. The number of benzene rings is 1. The fraction of sp³-hybridized carbons (Fsp3) is 0.267. The molecule has 0 aliphatic rings. The van der Waals surface area contributed by atoms with Crippen molar-refractivity contribution in [3.05, 3.63) is 36.0 Å². The van der Waals surface area contributed by atoms with E-state index in [0.717, 1.165) is 16.5 Å². The summed E-state index contributed by atoms with van der Waals surface area (Å²) >= 11 is 0. The number of nitrogens with one attached hydrogen (secondary N) is 2. The molecule has 0 unspecified atom stereocenters. The van der Waals surface area contributed by atoms with Gasteiger partial charge in [-0.3, -0.25) is 14.4 Å². The van der Waals surface area contributed by atoms with Crippen LogP contribution in [0.3, 0.4) is 0 Å². The Morgan fingerprint density at radius 1 is 1.32 bits per heavy atom. The van der Waals surface area contributed by atoms with E-state index >= 15 is 0 Å². The second-order valence-corrected chi connectivity index (χ2v) is 4.87. The highest BCUT2D eigenvalue weighted by Gasteiger charge is 2.20. The van der Waals surface area contributed by atoms with Crippen molar-refractivity contribution < 1.29 is 19.1 Å². The minimum Gasteiger partial charge on any atom is -0.456 e. The number of primary amides is 1. The Morgan fingerprint density at radius 3 is 2.73 bits per heavy atom. The van der Waals surface area contributed by atoms with Crippen molar-refractivity contribution in [3.8, 4) is 0 Å². The Labute approximate surface area is 126 Å². The number of aromatic amines is 1. The molecule has 2 aromatic rings. The van der Waals surface area contributed by atoms with Crippen molar-refractivity contribution >= 4 is 28.7 Å². The lowest BCUT2D eigenvalue weighted by Crippen LogP contribution is -2.47. The number of ether oxygens (including phenoxy) is 1. The first-order chi connectivity index (χ1) is 10.5. The highest BCUT2D eigenvalue weighted by atomic mass is 16.5. The number of aromatic nitrogens is 1. The number of amides is 2. The Hall–Kier alpha value is -2.83. The number of nitrogens with two attached hydrogens (primary N) is 1. The zero-order chi connectivity index (χ0) is 16.1. The van der Waals surface area contributed by atoms with Gasteiger partial charge in [0.15, 0.2) is 6.61 Å².